The molecule has 0 saturated carbocycles. The minimum atomic E-state index is -0.750. The van der Waals surface area contributed by atoms with E-state index in [1.807, 2.05) is 0 Å². The molecule has 0 fully saturated rings. The zero-order valence-corrected chi connectivity index (χ0v) is 29.5. The second-order valence-corrected chi connectivity index (χ2v) is 10.2. The molecule has 2 aliphatic heterocycles. The van der Waals surface area contributed by atoms with Gasteiger partial charge in [0.1, 0.15) is 0 Å². The standard InChI is InChI=1S/C13H12N2O3.C10H8BrNO2.C4H9O.C3H5NO.K/c1-2-14(9-16)7-8-15-12(17)10-5-3-4-6-11(10)13(15)18;11-5-6-12-9(13)7-3-1-2-4-8(7)10(12)14;1-4(2,3)5;1-2-4-3-5;/h2-6,9H,1,7-8H2;1-4H,5-6H2;1-3H3;2-3H,1H2,(H,4,5);/q;;-1;;+1. The summed E-state index contributed by atoms with van der Waals surface area (Å²) in [6.45, 7) is 12.4. The summed E-state index contributed by atoms with van der Waals surface area (Å²) in [5, 5.41) is 12.9. The summed E-state index contributed by atoms with van der Waals surface area (Å²) in [6, 6.07) is 13.6. The average molecular weight is 682 g/mol. The van der Waals surface area contributed by atoms with Crippen LogP contribution < -0.4 is 61.8 Å². The molecular formula is C30H34BrKN4O7. The molecule has 2 aliphatic rings. The van der Waals surface area contributed by atoms with Crippen LogP contribution in [0, 0.1) is 0 Å². The second-order valence-electron chi connectivity index (χ2n) is 9.43. The van der Waals surface area contributed by atoms with Crippen molar-refractivity contribution in [1.29, 1.82) is 0 Å². The molecular weight excluding hydrogens is 647 g/mol. The number of imide groups is 2. The van der Waals surface area contributed by atoms with Crippen LogP contribution in [0.25, 0.3) is 0 Å². The van der Waals surface area contributed by atoms with E-state index >= 15 is 0 Å². The van der Waals surface area contributed by atoms with Crippen molar-refractivity contribution in [3.05, 3.63) is 96.3 Å². The van der Waals surface area contributed by atoms with Gasteiger partial charge in [0.25, 0.3) is 23.6 Å². The quantitative estimate of drug-likeness (QED) is 0.164. The first-order chi connectivity index (χ1) is 19.9. The molecule has 2 heterocycles. The van der Waals surface area contributed by atoms with E-state index in [0.717, 1.165) is 4.90 Å². The van der Waals surface area contributed by atoms with E-state index in [-0.39, 0.29) is 88.1 Å². The van der Waals surface area contributed by atoms with Crippen LogP contribution in [0.5, 0.6) is 0 Å². The SMILES string of the molecule is C=CN(C=O)CCN1C(=O)c2ccccc2C1=O.C=CNC=O.CC(C)(C)[O-].O=C1c2ccccc2C(=O)N1CCBr.[K+]. The fraction of sp³-hybridized carbons (Fsp3) is 0.267. The number of halogens is 1. The molecule has 0 bridgehead atoms. The molecule has 0 radical (unpaired) electrons. The number of amides is 6. The van der Waals surface area contributed by atoms with E-state index in [9.17, 15) is 33.9 Å². The Morgan fingerprint density at radius 3 is 1.40 bits per heavy atom. The van der Waals surface area contributed by atoms with Crippen LogP contribution in [0.1, 0.15) is 62.2 Å². The fourth-order valence-corrected chi connectivity index (χ4v) is 3.77. The number of carbonyl (C=O) groups is 6. The van der Waals surface area contributed by atoms with E-state index in [1.54, 1.807) is 69.3 Å². The van der Waals surface area contributed by atoms with Gasteiger partial charge in [-0.15, -0.1) is 5.60 Å². The van der Waals surface area contributed by atoms with Gasteiger partial charge >= 0.3 is 51.4 Å². The number of rotatable bonds is 9. The van der Waals surface area contributed by atoms with Crippen molar-refractivity contribution in [2.45, 2.75) is 26.4 Å². The Labute approximate surface area is 302 Å². The summed E-state index contributed by atoms with van der Waals surface area (Å²) in [7, 11) is 0. The molecule has 0 saturated heterocycles. The third kappa shape index (κ3) is 12.8. The Kier molecular flexibility index (Phi) is 18.9. The van der Waals surface area contributed by atoms with E-state index in [1.165, 1.54) is 22.2 Å². The zero-order valence-electron chi connectivity index (χ0n) is 24.7. The van der Waals surface area contributed by atoms with Crippen LogP contribution in [0.15, 0.2) is 74.1 Å². The normalized spacial score (nSPS) is 12.5. The number of alkyl halides is 1. The number of fused-ring (bicyclic) bond motifs is 2. The van der Waals surface area contributed by atoms with Crippen molar-refractivity contribution in [3.63, 3.8) is 0 Å². The van der Waals surface area contributed by atoms with E-state index in [2.05, 4.69) is 34.4 Å². The molecule has 6 amide bonds. The van der Waals surface area contributed by atoms with Crippen molar-refractivity contribution < 1.29 is 85.3 Å². The van der Waals surface area contributed by atoms with Gasteiger partial charge in [0, 0.05) is 25.0 Å². The number of nitrogens with zero attached hydrogens (tertiary/aromatic N) is 3. The van der Waals surface area contributed by atoms with Crippen molar-refractivity contribution in [3.8, 4) is 0 Å². The molecule has 13 heteroatoms. The second kappa shape index (κ2) is 20.2. The van der Waals surface area contributed by atoms with Gasteiger partial charge in [0.2, 0.25) is 12.8 Å². The minimum absolute atomic E-state index is 0. The van der Waals surface area contributed by atoms with Gasteiger partial charge in [-0.2, -0.15) is 0 Å². The van der Waals surface area contributed by atoms with E-state index in [4.69, 9.17) is 0 Å². The molecule has 1 N–H and O–H groups in total. The Morgan fingerprint density at radius 1 is 0.814 bits per heavy atom. The minimum Gasteiger partial charge on any atom is -0.850 e. The van der Waals surface area contributed by atoms with Gasteiger partial charge in [-0.3, -0.25) is 38.6 Å². The van der Waals surface area contributed by atoms with Gasteiger partial charge in [-0.25, -0.2) is 0 Å². The fourth-order valence-electron chi connectivity index (χ4n) is 3.42. The average Bonchev–Trinajstić information content (AvgIpc) is 3.35. The maximum Gasteiger partial charge on any atom is 1.00 e. The van der Waals surface area contributed by atoms with Crippen molar-refractivity contribution in [2.24, 2.45) is 0 Å². The summed E-state index contributed by atoms with van der Waals surface area (Å²) >= 11 is 3.21. The molecule has 0 unspecified atom stereocenters. The van der Waals surface area contributed by atoms with Crippen LogP contribution in [-0.4, -0.2) is 81.7 Å². The molecule has 43 heavy (non-hydrogen) atoms. The molecule has 0 aromatic heterocycles. The number of hydrogen-bond donors (Lipinski definition) is 1. The van der Waals surface area contributed by atoms with Gasteiger partial charge in [-0.1, -0.05) is 74.1 Å². The molecule has 11 nitrogen and oxygen atoms in total. The first-order valence-corrected chi connectivity index (χ1v) is 13.8. The maximum absolute atomic E-state index is 12.0. The summed E-state index contributed by atoms with van der Waals surface area (Å²) in [5.74, 6) is -1.01. The van der Waals surface area contributed by atoms with Crippen molar-refractivity contribution in [2.75, 3.05) is 25.0 Å². The largest absolute Gasteiger partial charge is 1.00 e. The zero-order chi connectivity index (χ0) is 31.9. The van der Waals surface area contributed by atoms with Crippen molar-refractivity contribution >= 4 is 52.4 Å². The first kappa shape index (κ1) is 40.2. The van der Waals surface area contributed by atoms with E-state index < -0.39 is 5.60 Å². The summed E-state index contributed by atoms with van der Waals surface area (Å²) in [5.41, 5.74) is 1.11. The Morgan fingerprint density at radius 2 is 1.16 bits per heavy atom. The molecule has 2 aromatic rings. The molecule has 224 valence electrons. The molecule has 4 rings (SSSR count). The van der Waals surface area contributed by atoms with Gasteiger partial charge < -0.3 is 15.3 Å². The van der Waals surface area contributed by atoms with E-state index in [0.29, 0.717) is 46.9 Å². The van der Waals surface area contributed by atoms with Crippen LogP contribution >= 0.6 is 15.9 Å². The van der Waals surface area contributed by atoms with Crippen LogP contribution in [0.2, 0.25) is 0 Å². The number of carbonyl (C=O) groups excluding carboxylic acids is 6. The topological polar surface area (TPSA) is 147 Å². The van der Waals surface area contributed by atoms with Crippen molar-refractivity contribution in [1.82, 2.24) is 20.0 Å². The first-order valence-electron chi connectivity index (χ1n) is 12.7. The predicted octanol–water partition coefficient (Wildman–Crippen LogP) is -0.413. The molecule has 0 atom stereocenters. The number of benzene rings is 2. The summed E-state index contributed by atoms with van der Waals surface area (Å²) in [6.07, 6.45) is 3.83. The Hall–Kier alpha value is -2.78. The van der Waals surface area contributed by atoms with Crippen LogP contribution in [-0.2, 0) is 9.59 Å². The third-order valence-corrected chi connectivity index (χ3v) is 5.56. The molecule has 2 aromatic carbocycles. The summed E-state index contributed by atoms with van der Waals surface area (Å²) in [4.78, 5) is 70.8. The van der Waals surface area contributed by atoms with Crippen LogP contribution in [0.4, 0.5) is 0 Å². The molecule has 0 spiro atoms. The third-order valence-electron chi connectivity index (χ3n) is 5.20. The molecule has 0 aliphatic carbocycles. The number of hydrogen-bond acceptors (Lipinski definition) is 7. The van der Waals surface area contributed by atoms with Crippen LogP contribution in [0.3, 0.4) is 0 Å². The predicted molar refractivity (Wildman–Crippen MR) is 160 cm³/mol. The number of nitrogens with one attached hydrogen (secondary N) is 1. The Balaban J connectivity index is 0.000000625. The van der Waals surface area contributed by atoms with Gasteiger partial charge in [0.05, 0.1) is 22.3 Å². The monoisotopic (exact) mass is 680 g/mol. The Bertz CT molecular complexity index is 1220. The maximum atomic E-state index is 12.0. The summed E-state index contributed by atoms with van der Waals surface area (Å²) < 4.78 is 0. The van der Waals surface area contributed by atoms with Gasteiger partial charge in [-0.05, 0) is 36.7 Å². The van der Waals surface area contributed by atoms with Gasteiger partial charge in [0.15, 0.2) is 0 Å². The smallest absolute Gasteiger partial charge is 0.850 e.